The molecule has 0 saturated heterocycles. The van der Waals surface area contributed by atoms with Gasteiger partial charge in [0, 0.05) is 52.5 Å². The Balaban J connectivity index is 1.63. The number of pyridine rings is 1. The molecule has 0 aliphatic heterocycles. The average molecular weight is 1020 g/mol. The number of ether oxygens (including phenoxy) is 1. The number of nitrogens with zero attached hydrogens (tertiary/aromatic N) is 6. The predicted octanol–water partition coefficient (Wildman–Crippen LogP) is 8.89. The number of aromatic nitrogens is 5. The molecule has 5 aromatic rings. The van der Waals surface area contributed by atoms with Crippen molar-refractivity contribution in [2.75, 3.05) is 22.9 Å². The van der Waals surface area contributed by atoms with Gasteiger partial charge in [-0.25, -0.2) is 22.8 Å². The zero-order chi connectivity index (χ0) is 48.8. The normalized spacial score (nSPS) is 15.2. The molecule has 0 radical (unpaired) electrons. The van der Waals surface area contributed by atoms with Gasteiger partial charge in [-0.2, -0.15) is 49.6 Å². The number of anilines is 1. The molecule has 3 heterocycles. The molecule has 3 atom stereocenters. The van der Waals surface area contributed by atoms with Gasteiger partial charge in [-0.1, -0.05) is 35.2 Å². The Morgan fingerprint density at radius 3 is 2.23 bits per heavy atom. The lowest BCUT2D eigenvalue weighted by molar-refractivity contribution is -0.142. The predicted molar refractivity (Wildman–Crippen MR) is 223 cm³/mol. The molecule has 3 aromatic heterocycles. The van der Waals surface area contributed by atoms with Gasteiger partial charge in [-0.15, -0.1) is 0 Å². The summed E-state index contributed by atoms with van der Waals surface area (Å²) < 4.78 is 174. The topological polar surface area (TPSA) is 141 Å². The van der Waals surface area contributed by atoms with Crippen LogP contribution in [0.25, 0.3) is 22.0 Å². The van der Waals surface area contributed by atoms with E-state index in [0.717, 1.165) is 24.5 Å². The van der Waals surface area contributed by atoms with Gasteiger partial charge >= 0.3 is 18.4 Å². The van der Waals surface area contributed by atoms with Crippen LogP contribution < -0.4 is 9.62 Å². The van der Waals surface area contributed by atoms with Crippen LogP contribution in [0.15, 0.2) is 42.5 Å². The highest BCUT2D eigenvalue weighted by Gasteiger charge is 2.50. The van der Waals surface area contributed by atoms with E-state index in [-0.39, 0.29) is 37.8 Å². The van der Waals surface area contributed by atoms with Gasteiger partial charge in [0.2, 0.25) is 5.91 Å². The van der Waals surface area contributed by atoms with Gasteiger partial charge in [-0.05, 0) is 68.5 Å². The van der Waals surface area contributed by atoms with E-state index < -0.39 is 147 Å². The number of benzene rings is 2. The summed E-state index contributed by atoms with van der Waals surface area (Å²) in [5.41, 5.74) is -5.17. The summed E-state index contributed by atoms with van der Waals surface area (Å²) in [5.74, 6) is -2.48. The molecule has 3 unspecified atom stereocenters. The van der Waals surface area contributed by atoms with Crippen molar-refractivity contribution in [3.8, 4) is 23.0 Å². The first-order chi connectivity index (χ1) is 30.6. The first-order valence-electron chi connectivity index (χ1n) is 18.9. The minimum Gasteiger partial charge on any atom is -0.432 e. The van der Waals surface area contributed by atoms with Crippen LogP contribution in [0.5, 0.6) is 0 Å². The third-order valence-electron chi connectivity index (χ3n) is 10.0. The maximum absolute atomic E-state index is 15.1. The Hall–Kier alpha value is -5.25. The fraction of sp³-hybridized carbons (Fsp3) is 0.375. The van der Waals surface area contributed by atoms with Crippen LogP contribution in [0.2, 0.25) is 5.02 Å². The Morgan fingerprint density at radius 1 is 0.985 bits per heavy atom. The molecular weight excluding hydrogens is 984 g/mol. The number of halogens is 12. The number of hydrogen-bond donors (Lipinski definition) is 1. The van der Waals surface area contributed by atoms with Crippen molar-refractivity contribution in [1.29, 1.82) is 0 Å². The van der Waals surface area contributed by atoms with Crippen molar-refractivity contribution in [3.05, 3.63) is 93.0 Å². The molecule has 66 heavy (non-hydrogen) atoms. The van der Waals surface area contributed by atoms with E-state index in [1.54, 1.807) is 0 Å². The quantitative estimate of drug-likeness (QED) is 0.0743. The summed E-state index contributed by atoms with van der Waals surface area (Å²) in [6.07, 6.45) is -11.6. The molecule has 0 bridgehead atoms. The molecule has 0 fully saturated rings. The molecule has 2 aromatic carbocycles. The van der Waals surface area contributed by atoms with Crippen molar-refractivity contribution in [3.63, 3.8) is 0 Å². The summed E-state index contributed by atoms with van der Waals surface area (Å²) in [7, 11) is -3.94. The third kappa shape index (κ3) is 10.8. The van der Waals surface area contributed by atoms with Crippen LogP contribution in [-0.4, -0.2) is 74.5 Å². The van der Waals surface area contributed by atoms with E-state index in [4.69, 9.17) is 27.9 Å². The fourth-order valence-electron chi connectivity index (χ4n) is 7.09. The lowest BCUT2D eigenvalue weighted by atomic mass is 9.93. The highest BCUT2D eigenvalue weighted by atomic mass is 35.5. The van der Waals surface area contributed by atoms with Crippen LogP contribution in [-0.2, 0) is 69.3 Å². The Labute approximate surface area is 383 Å². The number of carbonyl (C=O) groups is 2. The number of amides is 2. The highest BCUT2D eigenvalue weighted by Crippen LogP contribution is 2.47. The molecule has 1 aliphatic carbocycles. The van der Waals surface area contributed by atoms with E-state index in [1.165, 1.54) is 38.3 Å². The van der Waals surface area contributed by atoms with E-state index in [1.807, 2.05) is 0 Å². The molecule has 6 rings (SSSR count). The van der Waals surface area contributed by atoms with Crippen molar-refractivity contribution >= 4 is 73.7 Å². The summed E-state index contributed by atoms with van der Waals surface area (Å²) in [4.78, 5) is 31.6. The third-order valence-corrected chi connectivity index (χ3v) is 12.8. The first-order valence-corrected chi connectivity index (χ1v) is 22.9. The number of carbonyl (C=O) groups excluding carboxylic acids is 2. The fourth-order valence-corrected chi connectivity index (χ4v) is 8.25. The molecule has 12 nitrogen and oxygen atoms in total. The van der Waals surface area contributed by atoms with Gasteiger partial charge in [0.15, 0.2) is 17.6 Å². The maximum Gasteiger partial charge on any atom is 0.435 e. The van der Waals surface area contributed by atoms with Gasteiger partial charge in [0.1, 0.15) is 51.8 Å². The van der Waals surface area contributed by atoms with E-state index in [0.29, 0.717) is 15.1 Å². The molecule has 1 N–H and O–H groups in total. The second kappa shape index (κ2) is 18.8. The molecule has 1 aliphatic rings. The van der Waals surface area contributed by atoms with E-state index >= 15 is 8.78 Å². The molecule has 0 spiro atoms. The molecule has 0 saturated carbocycles. The minimum atomic E-state index is -5.19. The Morgan fingerprint density at radius 2 is 1.64 bits per heavy atom. The summed E-state index contributed by atoms with van der Waals surface area (Å²) in [5, 5.41) is 9.02. The average Bonchev–Trinajstić information content (AvgIpc) is 3.84. The first kappa shape index (κ1) is 50.2. The van der Waals surface area contributed by atoms with Crippen LogP contribution in [0.3, 0.4) is 0 Å². The zero-order valence-corrected chi connectivity index (χ0v) is 37.6. The maximum atomic E-state index is 15.1. The molecule has 26 heteroatoms. The number of fused-ring (bicyclic) bond motifs is 2. The highest BCUT2D eigenvalue weighted by molar-refractivity contribution is 7.86. The summed E-state index contributed by atoms with van der Waals surface area (Å²) >= 11 is 12.1. The molecular formula is C40H33Cl2F10N7O5S2. The number of alkyl halides is 9. The van der Waals surface area contributed by atoms with Crippen LogP contribution >= 0.6 is 23.2 Å². The summed E-state index contributed by atoms with van der Waals surface area (Å²) in [6.45, 7) is -0.0522. The second-order valence-electron chi connectivity index (χ2n) is 15.1. The number of hydrogen-bond acceptors (Lipinski definition) is 8. The van der Waals surface area contributed by atoms with Gasteiger partial charge < -0.3 is 10.1 Å². The van der Waals surface area contributed by atoms with Gasteiger partial charge in [-0.3, -0.25) is 18.4 Å². The standard InChI is InChI=1S/C40H33Cl2F10N7O5S2/c1-37(2,65(3)62)11-9-23-5-6-24(25-7-8-27(42)30-32(25)58(18-39(47,48)49)56-35(30)59(66(4)63)36(61)64-19-41)31(53-23)28(15-20-13-21(43)16-22(44)14-20)54-29(60)17-57-34-26(10-12-38(34,45)46)33(55-57)40(50,51)52/h5-8,13-14,16,28H,10,12,15,17-19H2,1-4H3,(H,54,60). The Kier molecular flexibility index (Phi) is 14.3. The van der Waals surface area contributed by atoms with E-state index in [9.17, 15) is 53.1 Å². The smallest absolute Gasteiger partial charge is 0.432 e. The molecule has 2 amide bonds. The van der Waals surface area contributed by atoms with Crippen molar-refractivity contribution in [2.45, 2.75) is 75.3 Å². The van der Waals surface area contributed by atoms with E-state index in [2.05, 4.69) is 32.3 Å². The molecule has 354 valence electrons. The van der Waals surface area contributed by atoms with Crippen LogP contribution in [0, 0.1) is 23.5 Å². The zero-order valence-electron chi connectivity index (χ0n) is 34.4. The lowest BCUT2D eigenvalue weighted by Gasteiger charge is -2.23. The van der Waals surface area contributed by atoms with Gasteiger partial charge in [0.25, 0.3) is 5.92 Å². The monoisotopic (exact) mass is 1020 g/mol. The number of nitrogens with one attached hydrogen (secondary N) is 1. The second-order valence-corrected chi connectivity index (χ2v) is 18.9. The lowest BCUT2D eigenvalue weighted by Crippen LogP contribution is -2.35. The summed E-state index contributed by atoms with van der Waals surface area (Å²) in [6, 6.07) is 4.65. The SMILES string of the molecule is CS(=O)N(C(=O)OCCl)c1nn(CC(F)(F)F)c2c(-c3ccc(C#CC(C)(C)S(C)=O)nc3C(Cc3cc(F)cc(F)c3)NC(=O)Cn3nc(C(F)(F)F)c4c3C(F)(F)CC4)ccc(Cl)c12. The largest absolute Gasteiger partial charge is 0.435 e. The van der Waals surface area contributed by atoms with Crippen LogP contribution in [0.1, 0.15) is 60.2 Å². The van der Waals surface area contributed by atoms with Crippen molar-refractivity contribution < 1.29 is 66.6 Å². The van der Waals surface area contributed by atoms with Crippen molar-refractivity contribution in [1.82, 2.24) is 29.9 Å². The Bertz CT molecular complexity index is 2840. The number of rotatable bonds is 12. The van der Waals surface area contributed by atoms with Crippen molar-refractivity contribution in [2.24, 2.45) is 0 Å². The minimum absolute atomic E-state index is 0.137. The van der Waals surface area contributed by atoms with Crippen LogP contribution in [0.4, 0.5) is 54.5 Å². The van der Waals surface area contributed by atoms with Gasteiger partial charge in [0.05, 0.1) is 27.7 Å².